The molecule has 0 bridgehead atoms. The number of nitrogens with zero attached hydrogens (tertiary/aromatic N) is 4. The molecule has 3 rings (SSSR count). The lowest BCUT2D eigenvalue weighted by Gasteiger charge is -2.48. The van der Waals surface area contributed by atoms with E-state index in [2.05, 4.69) is 15.3 Å². The molecule has 0 spiro atoms. The first-order valence-electron chi connectivity index (χ1n) is 9.17. The number of rotatable bonds is 4. The fraction of sp³-hybridized carbons (Fsp3) is 0.824. The first kappa shape index (κ1) is 17.2. The molecule has 0 unspecified atom stereocenters. The Morgan fingerprint density at radius 2 is 1.62 bits per heavy atom. The molecule has 24 heavy (non-hydrogen) atoms. The third kappa shape index (κ3) is 3.27. The van der Waals surface area contributed by atoms with Crippen LogP contribution in [-0.2, 0) is 14.1 Å². The van der Waals surface area contributed by atoms with Crippen LogP contribution in [0.25, 0.3) is 0 Å². The van der Waals surface area contributed by atoms with Crippen LogP contribution in [0.4, 0.5) is 5.82 Å². The minimum Gasteiger partial charge on any atom is -0.362 e. The number of piperidine rings is 1. The second kappa shape index (κ2) is 7.09. The number of hydrogen-bond acceptors (Lipinski definition) is 5. The van der Waals surface area contributed by atoms with Gasteiger partial charge in [-0.05, 0) is 38.8 Å². The van der Waals surface area contributed by atoms with Crippen LogP contribution in [0.1, 0.15) is 51.4 Å². The Hall–Kier alpha value is -1.63. The zero-order valence-corrected chi connectivity index (χ0v) is 14.9. The van der Waals surface area contributed by atoms with Gasteiger partial charge < -0.3 is 5.32 Å². The lowest BCUT2D eigenvalue weighted by atomic mass is 9.79. The maximum Gasteiger partial charge on any atom is 0.346 e. The van der Waals surface area contributed by atoms with Crippen LogP contribution in [0.15, 0.2) is 9.59 Å². The average Bonchev–Trinajstić information content (AvgIpc) is 2.63. The predicted molar refractivity (Wildman–Crippen MR) is 94.4 cm³/mol. The van der Waals surface area contributed by atoms with Gasteiger partial charge in [0, 0.05) is 26.2 Å². The van der Waals surface area contributed by atoms with Gasteiger partial charge in [-0.25, -0.2) is 9.48 Å². The second-order valence-corrected chi connectivity index (χ2v) is 7.31. The van der Waals surface area contributed by atoms with Crippen LogP contribution in [0.5, 0.6) is 0 Å². The summed E-state index contributed by atoms with van der Waals surface area (Å²) in [7, 11) is 3.08. The van der Waals surface area contributed by atoms with Crippen molar-refractivity contribution in [3.8, 4) is 0 Å². The van der Waals surface area contributed by atoms with Gasteiger partial charge in [-0.3, -0.25) is 14.3 Å². The molecule has 1 saturated carbocycles. The van der Waals surface area contributed by atoms with Crippen LogP contribution in [0, 0.1) is 0 Å². The summed E-state index contributed by atoms with van der Waals surface area (Å²) in [5.41, 5.74) is -0.614. The van der Waals surface area contributed by atoms with Crippen molar-refractivity contribution >= 4 is 5.82 Å². The molecule has 1 saturated heterocycles. The molecule has 1 aliphatic carbocycles. The minimum absolute atomic E-state index is 0.125. The highest BCUT2D eigenvalue weighted by Gasteiger charge is 2.38. The van der Waals surface area contributed by atoms with Crippen molar-refractivity contribution in [3.05, 3.63) is 20.8 Å². The molecule has 1 aromatic rings. The third-order valence-corrected chi connectivity index (χ3v) is 5.72. The monoisotopic (exact) mass is 335 g/mol. The molecule has 1 aliphatic heterocycles. The molecule has 134 valence electrons. The molecular formula is C17H29N5O2. The number of aromatic nitrogens is 3. The molecule has 2 fully saturated rings. The summed E-state index contributed by atoms with van der Waals surface area (Å²) >= 11 is 0. The van der Waals surface area contributed by atoms with Gasteiger partial charge in [-0.1, -0.05) is 25.7 Å². The first-order chi connectivity index (χ1) is 11.5. The van der Waals surface area contributed by atoms with Crippen molar-refractivity contribution in [2.75, 3.05) is 25.0 Å². The van der Waals surface area contributed by atoms with Crippen LogP contribution >= 0.6 is 0 Å². The van der Waals surface area contributed by atoms with Crippen LogP contribution < -0.4 is 16.6 Å². The molecule has 0 radical (unpaired) electrons. The quantitative estimate of drug-likeness (QED) is 0.891. The van der Waals surface area contributed by atoms with Crippen LogP contribution in [-0.4, -0.2) is 44.4 Å². The first-order valence-corrected chi connectivity index (χ1v) is 9.17. The smallest absolute Gasteiger partial charge is 0.346 e. The molecule has 0 aromatic carbocycles. The van der Waals surface area contributed by atoms with Gasteiger partial charge in [0.1, 0.15) is 0 Å². The average molecular weight is 335 g/mol. The highest BCUT2D eigenvalue weighted by molar-refractivity contribution is 5.30. The maximum atomic E-state index is 12.3. The fourth-order valence-corrected chi connectivity index (χ4v) is 4.24. The Kier molecular flexibility index (Phi) is 5.08. The van der Waals surface area contributed by atoms with E-state index in [0.717, 1.165) is 24.2 Å². The SMILES string of the molecule is Cn1nc(NCC2(N3CCCCC3)CCCCC2)c(=O)n(C)c1=O. The molecule has 2 aliphatic rings. The van der Waals surface area contributed by atoms with Gasteiger partial charge >= 0.3 is 5.69 Å². The number of nitrogens with one attached hydrogen (secondary N) is 1. The van der Waals surface area contributed by atoms with Gasteiger partial charge in [0.15, 0.2) is 0 Å². The predicted octanol–water partition coefficient (Wildman–Crippen LogP) is 1.08. The van der Waals surface area contributed by atoms with Gasteiger partial charge in [0.05, 0.1) is 0 Å². The number of anilines is 1. The maximum absolute atomic E-state index is 12.3. The summed E-state index contributed by atoms with van der Waals surface area (Å²) in [4.78, 5) is 26.7. The minimum atomic E-state index is -0.394. The summed E-state index contributed by atoms with van der Waals surface area (Å²) in [6.45, 7) is 3.04. The summed E-state index contributed by atoms with van der Waals surface area (Å²) in [6, 6.07) is 0. The van der Waals surface area contributed by atoms with E-state index in [-0.39, 0.29) is 16.9 Å². The molecule has 1 aromatic heterocycles. The largest absolute Gasteiger partial charge is 0.362 e. The topological polar surface area (TPSA) is 72.2 Å². The van der Waals surface area contributed by atoms with Crippen molar-refractivity contribution in [3.63, 3.8) is 0 Å². The molecular weight excluding hydrogens is 306 g/mol. The summed E-state index contributed by atoms with van der Waals surface area (Å²) in [6.07, 6.45) is 9.99. The Morgan fingerprint density at radius 1 is 1.00 bits per heavy atom. The van der Waals surface area contributed by atoms with Crippen molar-refractivity contribution in [1.82, 2.24) is 19.2 Å². The van der Waals surface area contributed by atoms with E-state index in [4.69, 9.17) is 0 Å². The highest BCUT2D eigenvalue weighted by Crippen LogP contribution is 2.35. The lowest BCUT2D eigenvalue weighted by molar-refractivity contribution is 0.0436. The normalized spacial score (nSPS) is 21.6. The van der Waals surface area contributed by atoms with E-state index in [0.29, 0.717) is 0 Å². The van der Waals surface area contributed by atoms with Gasteiger partial charge in [-0.15, -0.1) is 5.10 Å². The molecule has 7 nitrogen and oxygen atoms in total. The standard InChI is InChI=1S/C17H29N5O2/c1-20-15(23)14(19-21(2)16(20)24)18-13-17(9-5-3-6-10-17)22-11-7-4-8-12-22/h3-13H2,1-2H3,(H,18,19). The fourth-order valence-electron chi connectivity index (χ4n) is 4.24. The van der Waals surface area contributed by atoms with E-state index in [1.54, 1.807) is 7.05 Å². The van der Waals surface area contributed by atoms with Crippen LogP contribution in [0.3, 0.4) is 0 Å². The third-order valence-electron chi connectivity index (χ3n) is 5.72. The molecule has 2 heterocycles. The number of aryl methyl sites for hydroxylation is 1. The Morgan fingerprint density at radius 3 is 2.29 bits per heavy atom. The Labute approximate surface area is 142 Å². The van der Waals surface area contributed by atoms with Gasteiger partial charge in [-0.2, -0.15) is 0 Å². The van der Waals surface area contributed by atoms with Crippen molar-refractivity contribution in [1.29, 1.82) is 0 Å². The zero-order chi connectivity index (χ0) is 17.2. The Bertz CT molecular complexity index is 681. The van der Waals surface area contributed by atoms with E-state index < -0.39 is 5.69 Å². The van der Waals surface area contributed by atoms with Gasteiger partial charge in [0.2, 0.25) is 5.82 Å². The van der Waals surface area contributed by atoms with Crippen molar-refractivity contribution in [2.24, 2.45) is 14.1 Å². The zero-order valence-electron chi connectivity index (χ0n) is 14.9. The van der Waals surface area contributed by atoms with Gasteiger partial charge in [0.25, 0.3) is 5.56 Å². The summed E-state index contributed by atoms with van der Waals surface area (Å²) in [5.74, 6) is 0.279. The highest BCUT2D eigenvalue weighted by atomic mass is 16.2. The lowest BCUT2D eigenvalue weighted by Crippen LogP contribution is -2.56. The van der Waals surface area contributed by atoms with E-state index in [9.17, 15) is 9.59 Å². The van der Waals surface area contributed by atoms with Crippen molar-refractivity contribution < 1.29 is 0 Å². The van der Waals surface area contributed by atoms with E-state index in [1.807, 2.05) is 0 Å². The molecule has 7 heteroatoms. The molecule has 0 amide bonds. The second-order valence-electron chi connectivity index (χ2n) is 7.31. The summed E-state index contributed by atoms with van der Waals surface area (Å²) in [5, 5.41) is 7.42. The summed E-state index contributed by atoms with van der Waals surface area (Å²) < 4.78 is 2.34. The van der Waals surface area contributed by atoms with E-state index in [1.165, 1.54) is 63.1 Å². The van der Waals surface area contributed by atoms with Crippen molar-refractivity contribution in [2.45, 2.75) is 56.9 Å². The molecule has 1 N–H and O–H groups in total. The van der Waals surface area contributed by atoms with Crippen LogP contribution in [0.2, 0.25) is 0 Å². The Balaban J connectivity index is 1.81. The number of likely N-dealkylation sites (tertiary alicyclic amines) is 1. The number of hydrogen-bond donors (Lipinski definition) is 1. The van der Waals surface area contributed by atoms with E-state index >= 15 is 0 Å². The molecule has 0 atom stereocenters.